The Morgan fingerprint density at radius 3 is 2.32 bits per heavy atom. The molecule has 0 spiro atoms. The van der Waals surface area contributed by atoms with Crippen LogP contribution in [0.25, 0.3) is 0 Å². The monoisotopic (exact) mass is 269 g/mol. The number of halogens is 1. The van der Waals surface area contributed by atoms with Gasteiger partial charge in [0, 0.05) is 25.7 Å². The zero-order valence-corrected chi connectivity index (χ0v) is 11.7. The summed E-state index contributed by atoms with van der Waals surface area (Å²) in [6, 6.07) is 6.35. The van der Waals surface area contributed by atoms with Gasteiger partial charge in [-0.15, -0.1) is 0 Å². The summed E-state index contributed by atoms with van der Waals surface area (Å²) in [6.07, 6.45) is 0.774. The Labute approximate surface area is 114 Å². The van der Waals surface area contributed by atoms with Gasteiger partial charge in [0.25, 0.3) is 0 Å². The van der Waals surface area contributed by atoms with Crippen molar-refractivity contribution in [3.8, 4) is 0 Å². The number of hydrogen-bond acceptors (Lipinski definition) is 3. The molecule has 108 valence electrons. The van der Waals surface area contributed by atoms with E-state index in [0.717, 1.165) is 25.1 Å². The van der Waals surface area contributed by atoms with E-state index in [2.05, 4.69) is 18.7 Å². The predicted octanol–water partition coefficient (Wildman–Crippen LogP) is 2.34. The van der Waals surface area contributed by atoms with Gasteiger partial charge in [0.15, 0.2) is 0 Å². The van der Waals surface area contributed by atoms with Crippen molar-refractivity contribution < 1.29 is 14.6 Å². The topological polar surface area (TPSA) is 43.7 Å². The average Bonchev–Trinajstić information content (AvgIpc) is 2.39. The van der Waals surface area contributed by atoms with Crippen LogP contribution in [0.5, 0.6) is 0 Å². The Kier molecular flexibility index (Phi) is 6.99. The van der Waals surface area contributed by atoms with E-state index in [1.54, 1.807) is 12.1 Å². The van der Waals surface area contributed by atoms with Crippen molar-refractivity contribution in [1.29, 1.82) is 0 Å². The summed E-state index contributed by atoms with van der Waals surface area (Å²) >= 11 is 0. The Bertz CT molecular complexity index is 354. The van der Waals surface area contributed by atoms with Crippen molar-refractivity contribution in [3.63, 3.8) is 0 Å². The van der Waals surface area contributed by atoms with Crippen molar-refractivity contribution in [3.05, 3.63) is 35.6 Å². The van der Waals surface area contributed by atoms with E-state index in [1.807, 2.05) is 0 Å². The Hall–Kier alpha value is -0.970. The molecule has 0 fully saturated rings. The van der Waals surface area contributed by atoms with Crippen LogP contribution < -0.4 is 0 Å². The second-order valence-corrected chi connectivity index (χ2v) is 5.06. The van der Waals surface area contributed by atoms with Gasteiger partial charge in [0.2, 0.25) is 0 Å². The first-order valence-corrected chi connectivity index (χ1v) is 6.83. The van der Waals surface area contributed by atoms with Crippen LogP contribution in [-0.2, 0) is 0 Å². The minimum Gasteiger partial charge on any atom is -0.396 e. The molecular formula is C15H24FNO2. The maximum atomic E-state index is 12.8. The average molecular weight is 269 g/mol. The number of rotatable bonds is 8. The summed E-state index contributed by atoms with van der Waals surface area (Å²) in [4.78, 5) is 2.23. The van der Waals surface area contributed by atoms with E-state index in [9.17, 15) is 9.50 Å². The molecule has 3 nitrogen and oxygen atoms in total. The highest BCUT2D eigenvalue weighted by Crippen LogP contribution is 2.18. The second kappa shape index (κ2) is 8.25. The molecule has 0 aliphatic carbocycles. The molecule has 19 heavy (non-hydrogen) atoms. The van der Waals surface area contributed by atoms with E-state index in [-0.39, 0.29) is 12.4 Å². The van der Waals surface area contributed by atoms with Gasteiger partial charge in [-0.2, -0.15) is 0 Å². The molecule has 0 saturated heterocycles. The number of aliphatic hydroxyl groups is 2. The van der Waals surface area contributed by atoms with Gasteiger partial charge in [-0.1, -0.05) is 12.1 Å². The summed E-state index contributed by atoms with van der Waals surface area (Å²) in [7, 11) is 0. The van der Waals surface area contributed by atoms with Gasteiger partial charge in [0.05, 0.1) is 6.10 Å². The molecule has 0 amide bonds. The fraction of sp³-hybridized carbons (Fsp3) is 0.600. The highest BCUT2D eigenvalue weighted by molar-refractivity contribution is 5.18. The quantitative estimate of drug-likeness (QED) is 0.761. The van der Waals surface area contributed by atoms with Crippen LogP contribution in [0.2, 0.25) is 0 Å². The summed E-state index contributed by atoms with van der Waals surface area (Å²) in [5.41, 5.74) is 0.743. The molecule has 2 N–H and O–H groups in total. The molecule has 1 atom stereocenters. The second-order valence-electron chi connectivity index (χ2n) is 5.06. The normalized spacial score (nSPS) is 13.2. The van der Waals surface area contributed by atoms with Gasteiger partial charge in [-0.3, -0.25) is 0 Å². The van der Waals surface area contributed by atoms with E-state index < -0.39 is 6.10 Å². The fourth-order valence-corrected chi connectivity index (χ4v) is 2.04. The van der Waals surface area contributed by atoms with Crippen molar-refractivity contribution in [2.24, 2.45) is 0 Å². The minimum absolute atomic E-state index is 0.184. The summed E-state index contributed by atoms with van der Waals surface area (Å²) in [6.45, 7) is 5.97. The van der Waals surface area contributed by atoms with Gasteiger partial charge in [-0.05, 0) is 44.4 Å². The molecule has 1 aromatic rings. The van der Waals surface area contributed by atoms with Crippen molar-refractivity contribution in [2.75, 3.05) is 19.7 Å². The lowest BCUT2D eigenvalue weighted by Crippen LogP contribution is -2.33. The lowest BCUT2D eigenvalue weighted by Gasteiger charge is -2.27. The standard InChI is InChI=1S/C15H24FNO2/c1-12(2)17(9-3-11-18)10-8-15(19)13-4-6-14(16)7-5-13/h4-7,12,15,18-19H,3,8-11H2,1-2H3. The fourth-order valence-electron chi connectivity index (χ4n) is 2.04. The summed E-state index contributed by atoms with van der Waals surface area (Å²) < 4.78 is 12.8. The van der Waals surface area contributed by atoms with Crippen molar-refractivity contribution in [1.82, 2.24) is 4.90 Å². The lowest BCUT2D eigenvalue weighted by molar-refractivity contribution is 0.125. The molecule has 0 aliphatic heterocycles. The molecule has 1 unspecified atom stereocenters. The smallest absolute Gasteiger partial charge is 0.123 e. The van der Waals surface area contributed by atoms with Crippen molar-refractivity contribution in [2.45, 2.75) is 38.8 Å². The molecule has 0 radical (unpaired) electrons. The molecule has 0 bridgehead atoms. The summed E-state index contributed by atoms with van der Waals surface area (Å²) in [5.74, 6) is -0.289. The van der Waals surface area contributed by atoms with E-state index in [1.165, 1.54) is 12.1 Å². The van der Waals surface area contributed by atoms with Crippen LogP contribution in [0.4, 0.5) is 4.39 Å². The molecule has 0 aliphatic rings. The lowest BCUT2D eigenvalue weighted by atomic mass is 10.1. The molecule has 0 heterocycles. The molecule has 4 heteroatoms. The van der Waals surface area contributed by atoms with Crippen molar-refractivity contribution >= 4 is 0 Å². The number of hydrogen-bond donors (Lipinski definition) is 2. The highest BCUT2D eigenvalue weighted by Gasteiger charge is 2.13. The van der Waals surface area contributed by atoms with E-state index >= 15 is 0 Å². The van der Waals surface area contributed by atoms with E-state index in [4.69, 9.17) is 5.11 Å². The number of nitrogens with zero attached hydrogens (tertiary/aromatic N) is 1. The highest BCUT2D eigenvalue weighted by atomic mass is 19.1. The van der Waals surface area contributed by atoms with Gasteiger partial charge in [-0.25, -0.2) is 4.39 Å². The van der Waals surface area contributed by atoms with E-state index in [0.29, 0.717) is 12.5 Å². The van der Waals surface area contributed by atoms with Crippen LogP contribution in [0.15, 0.2) is 24.3 Å². The molecular weight excluding hydrogens is 245 g/mol. The largest absolute Gasteiger partial charge is 0.396 e. The zero-order valence-electron chi connectivity index (χ0n) is 11.7. The number of benzene rings is 1. The first kappa shape index (κ1) is 16.1. The van der Waals surface area contributed by atoms with Crippen LogP contribution >= 0.6 is 0 Å². The molecule has 1 aromatic carbocycles. The van der Waals surface area contributed by atoms with Gasteiger partial charge in [0.1, 0.15) is 5.82 Å². The summed E-state index contributed by atoms with van der Waals surface area (Å²) in [5, 5.41) is 18.9. The third-order valence-corrected chi connectivity index (χ3v) is 3.28. The Balaban J connectivity index is 2.46. The van der Waals surface area contributed by atoms with Gasteiger partial charge < -0.3 is 15.1 Å². The molecule has 0 aromatic heterocycles. The molecule has 1 rings (SSSR count). The maximum absolute atomic E-state index is 12.8. The van der Waals surface area contributed by atoms with Gasteiger partial charge >= 0.3 is 0 Å². The minimum atomic E-state index is -0.573. The molecule has 0 saturated carbocycles. The third-order valence-electron chi connectivity index (χ3n) is 3.28. The van der Waals surface area contributed by atoms with Crippen LogP contribution in [0.1, 0.15) is 38.4 Å². The first-order valence-electron chi connectivity index (χ1n) is 6.83. The van der Waals surface area contributed by atoms with Crippen LogP contribution in [-0.4, -0.2) is 40.9 Å². The third kappa shape index (κ3) is 5.68. The predicted molar refractivity (Wildman–Crippen MR) is 74.4 cm³/mol. The maximum Gasteiger partial charge on any atom is 0.123 e. The van der Waals surface area contributed by atoms with Crippen LogP contribution in [0.3, 0.4) is 0 Å². The van der Waals surface area contributed by atoms with Crippen LogP contribution in [0, 0.1) is 5.82 Å². The number of aliphatic hydroxyl groups excluding tert-OH is 2. The first-order chi connectivity index (χ1) is 9.04. The Morgan fingerprint density at radius 1 is 1.16 bits per heavy atom. The zero-order chi connectivity index (χ0) is 14.3. The SMILES string of the molecule is CC(C)N(CCCO)CCC(O)c1ccc(F)cc1. The Morgan fingerprint density at radius 2 is 1.79 bits per heavy atom.